The first-order chi connectivity index (χ1) is 12.3. The summed E-state index contributed by atoms with van der Waals surface area (Å²) in [5.41, 5.74) is 0.804. The molecule has 1 saturated heterocycles. The van der Waals surface area contributed by atoms with E-state index in [1.807, 2.05) is 11.8 Å². The van der Waals surface area contributed by atoms with E-state index in [0.29, 0.717) is 17.0 Å². The highest BCUT2D eigenvalue weighted by molar-refractivity contribution is 6.01. The summed E-state index contributed by atoms with van der Waals surface area (Å²) in [5, 5.41) is 0. The number of piperidine rings is 1. The van der Waals surface area contributed by atoms with Crippen LogP contribution in [-0.2, 0) is 9.53 Å². The van der Waals surface area contributed by atoms with Gasteiger partial charge in [0.2, 0.25) is 0 Å². The largest absolute Gasteiger partial charge is 0.471 e. The average Bonchev–Trinajstić information content (AvgIpc) is 2.64. The maximum atomic E-state index is 12.7. The van der Waals surface area contributed by atoms with Gasteiger partial charge in [-0.25, -0.2) is 4.79 Å². The highest BCUT2D eigenvalue weighted by Crippen LogP contribution is 2.30. The molecule has 1 amide bonds. The van der Waals surface area contributed by atoms with Crippen molar-refractivity contribution in [1.29, 1.82) is 0 Å². The van der Waals surface area contributed by atoms with Crippen molar-refractivity contribution in [2.45, 2.75) is 38.8 Å². The second-order valence-electron chi connectivity index (χ2n) is 6.25. The van der Waals surface area contributed by atoms with Crippen molar-refractivity contribution in [1.82, 2.24) is 0 Å². The number of alkyl halides is 3. The SMILES string of the molecule is CCCOC(=O)c1cc(N(C)C(=O)C(F)(F)F)ccc1N1CCCCC1. The molecule has 1 aromatic rings. The number of esters is 1. The van der Waals surface area contributed by atoms with Gasteiger partial charge in [-0.05, 0) is 43.9 Å². The van der Waals surface area contributed by atoms with Gasteiger partial charge in [0.05, 0.1) is 17.9 Å². The van der Waals surface area contributed by atoms with E-state index in [4.69, 9.17) is 4.74 Å². The van der Waals surface area contributed by atoms with Gasteiger partial charge in [0.15, 0.2) is 0 Å². The zero-order valence-corrected chi connectivity index (χ0v) is 14.9. The molecule has 144 valence electrons. The van der Waals surface area contributed by atoms with Gasteiger partial charge in [-0.2, -0.15) is 13.2 Å². The van der Waals surface area contributed by atoms with Gasteiger partial charge in [0.1, 0.15) is 0 Å². The Morgan fingerprint density at radius 3 is 2.42 bits per heavy atom. The van der Waals surface area contributed by atoms with Crippen LogP contribution in [0, 0.1) is 0 Å². The molecule has 0 aliphatic carbocycles. The highest BCUT2D eigenvalue weighted by atomic mass is 19.4. The van der Waals surface area contributed by atoms with E-state index in [1.54, 1.807) is 6.07 Å². The van der Waals surface area contributed by atoms with E-state index in [-0.39, 0.29) is 17.9 Å². The summed E-state index contributed by atoms with van der Waals surface area (Å²) in [5.74, 6) is -2.58. The molecule has 0 saturated carbocycles. The first-order valence-electron chi connectivity index (χ1n) is 8.66. The number of anilines is 2. The van der Waals surface area contributed by atoms with Crippen molar-refractivity contribution in [3.05, 3.63) is 23.8 Å². The Labute approximate surface area is 150 Å². The summed E-state index contributed by atoms with van der Waals surface area (Å²) in [6.45, 7) is 3.61. The predicted octanol–water partition coefficient (Wildman–Crippen LogP) is 3.77. The van der Waals surface area contributed by atoms with Crippen LogP contribution >= 0.6 is 0 Å². The van der Waals surface area contributed by atoms with E-state index in [2.05, 4.69) is 0 Å². The molecule has 5 nitrogen and oxygen atoms in total. The van der Waals surface area contributed by atoms with Crippen LogP contribution in [0.25, 0.3) is 0 Å². The number of nitrogens with zero attached hydrogens (tertiary/aromatic N) is 2. The Morgan fingerprint density at radius 2 is 1.85 bits per heavy atom. The normalized spacial score (nSPS) is 14.9. The molecule has 2 rings (SSSR count). The molecule has 1 aliphatic heterocycles. The van der Waals surface area contributed by atoms with Gasteiger partial charge >= 0.3 is 18.1 Å². The van der Waals surface area contributed by atoms with E-state index in [0.717, 1.165) is 39.4 Å². The summed E-state index contributed by atoms with van der Waals surface area (Å²) < 4.78 is 43.2. The fourth-order valence-electron chi connectivity index (χ4n) is 2.89. The molecular formula is C18H23F3N2O3. The molecule has 8 heteroatoms. The van der Waals surface area contributed by atoms with Crippen molar-refractivity contribution < 1.29 is 27.5 Å². The number of ether oxygens (including phenoxy) is 1. The number of carbonyl (C=O) groups excluding carboxylic acids is 2. The number of rotatable bonds is 5. The Morgan fingerprint density at radius 1 is 1.19 bits per heavy atom. The van der Waals surface area contributed by atoms with Crippen molar-refractivity contribution >= 4 is 23.3 Å². The molecule has 0 radical (unpaired) electrons. The number of amides is 1. The van der Waals surface area contributed by atoms with Crippen molar-refractivity contribution in [2.24, 2.45) is 0 Å². The fraction of sp³-hybridized carbons (Fsp3) is 0.556. The van der Waals surface area contributed by atoms with Crippen LogP contribution in [0.3, 0.4) is 0 Å². The first kappa shape index (κ1) is 20.1. The zero-order chi connectivity index (χ0) is 19.3. The van der Waals surface area contributed by atoms with Gasteiger partial charge < -0.3 is 14.5 Å². The van der Waals surface area contributed by atoms with Crippen LogP contribution in [0.2, 0.25) is 0 Å². The molecule has 0 aromatic heterocycles. The Hall–Kier alpha value is -2.25. The number of benzene rings is 1. The van der Waals surface area contributed by atoms with Gasteiger partial charge in [-0.15, -0.1) is 0 Å². The lowest BCUT2D eigenvalue weighted by Gasteiger charge is -2.31. The predicted molar refractivity (Wildman–Crippen MR) is 92.5 cm³/mol. The maximum Gasteiger partial charge on any atom is 0.471 e. The topological polar surface area (TPSA) is 49.9 Å². The summed E-state index contributed by atoms with van der Waals surface area (Å²) in [7, 11) is 1.03. The van der Waals surface area contributed by atoms with Crippen molar-refractivity contribution in [3.8, 4) is 0 Å². The molecule has 26 heavy (non-hydrogen) atoms. The average molecular weight is 372 g/mol. The summed E-state index contributed by atoms with van der Waals surface area (Å²) in [6, 6.07) is 4.30. The zero-order valence-electron chi connectivity index (χ0n) is 14.9. The Kier molecular flexibility index (Phi) is 6.50. The van der Waals surface area contributed by atoms with Crippen LogP contribution in [0.4, 0.5) is 24.5 Å². The van der Waals surface area contributed by atoms with E-state index in [9.17, 15) is 22.8 Å². The fourth-order valence-corrected chi connectivity index (χ4v) is 2.89. The summed E-state index contributed by atoms with van der Waals surface area (Å²) in [6.07, 6.45) is -1.28. The Balaban J connectivity index is 2.37. The van der Waals surface area contributed by atoms with Crippen LogP contribution in [0.1, 0.15) is 43.0 Å². The third-order valence-corrected chi connectivity index (χ3v) is 4.27. The van der Waals surface area contributed by atoms with E-state index in [1.165, 1.54) is 12.1 Å². The molecule has 1 heterocycles. The second-order valence-corrected chi connectivity index (χ2v) is 6.25. The lowest BCUT2D eigenvalue weighted by Crippen LogP contribution is -2.38. The second kappa shape index (κ2) is 8.42. The molecule has 1 fully saturated rings. The Bertz CT molecular complexity index is 656. The first-order valence-corrected chi connectivity index (χ1v) is 8.66. The molecular weight excluding hydrogens is 349 g/mol. The van der Waals surface area contributed by atoms with Gasteiger partial charge in [0.25, 0.3) is 0 Å². The van der Waals surface area contributed by atoms with Gasteiger partial charge in [0, 0.05) is 25.8 Å². The van der Waals surface area contributed by atoms with Crippen LogP contribution in [0.5, 0.6) is 0 Å². The summed E-state index contributed by atoms with van der Waals surface area (Å²) >= 11 is 0. The molecule has 0 bridgehead atoms. The highest BCUT2D eigenvalue weighted by Gasteiger charge is 2.42. The van der Waals surface area contributed by atoms with Gasteiger partial charge in [-0.1, -0.05) is 6.92 Å². The minimum Gasteiger partial charge on any atom is -0.462 e. The minimum absolute atomic E-state index is 0.00321. The van der Waals surface area contributed by atoms with Crippen molar-refractivity contribution in [3.63, 3.8) is 0 Å². The maximum absolute atomic E-state index is 12.7. The molecule has 0 unspecified atom stereocenters. The standard InChI is InChI=1S/C18H23F3N2O3/c1-3-11-26-16(24)14-12-13(22(2)17(25)18(19,20)21)7-8-15(14)23-9-5-4-6-10-23/h7-8,12H,3-6,9-11H2,1-2H3. The lowest BCUT2D eigenvalue weighted by molar-refractivity contribution is -0.170. The van der Waals surface area contributed by atoms with E-state index < -0.39 is 18.1 Å². The quantitative estimate of drug-likeness (QED) is 0.739. The monoisotopic (exact) mass is 372 g/mol. The third-order valence-electron chi connectivity index (χ3n) is 4.27. The number of halogens is 3. The molecule has 0 spiro atoms. The molecule has 1 aliphatic rings. The minimum atomic E-state index is -4.98. The molecule has 0 atom stereocenters. The van der Waals surface area contributed by atoms with Crippen molar-refractivity contribution in [2.75, 3.05) is 36.5 Å². The summed E-state index contributed by atoms with van der Waals surface area (Å²) in [4.78, 5) is 26.4. The van der Waals surface area contributed by atoms with Crippen LogP contribution in [-0.4, -0.2) is 44.8 Å². The number of hydrogen-bond donors (Lipinski definition) is 0. The van der Waals surface area contributed by atoms with Crippen LogP contribution < -0.4 is 9.80 Å². The number of carbonyl (C=O) groups is 2. The number of hydrogen-bond acceptors (Lipinski definition) is 4. The molecule has 0 N–H and O–H groups in total. The third kappa shape index (κ3) is 4.68. The smallest absolute Gasteiger partial charge is 0.462 e. The van der Waals surface area contributed by atoms with E-state index >= 15 is 0 Å². The van der Waals surface area contributed by atoms with Crippen LogP contribution in [0.15, 0.2) is 18.2 Å². The molecule has 1 aromatic carbocycles. The van der Waals surface area contributed by atoms with Gasteiger partial charge in [-0.3, -0.25) is 4.79 Å². The lowest BCUT2D eigenvalue weighted by atomic mass is 10.1.